The molecule has 1 aliphatic heterocycles. The maximum atomic E-state index is 13.3. The molecule has 1 fully saturated rings. The zero-order valence-electron chi connectivity index (χ0n) is 14.7. The Morgan fingerprint density at radius 3 is 2.48 bits per heavy atom. The molecule has 0 radical (unpaired) electrons. The van der Waals surface area contributed by atoms with E-state index >= 15 is 0 Å². The van der Waals surface area contributed by atoms with Crippen LogP contribution >= 0.6 is 22.9 Å². The molecule has 2 aromatic carbocycles. The van der Waals surface area contributed by atoms with Gasteiger partial charge in [-0.2, -0.15) is 0 Å². The van der Waals surface area contributed by atoms with E-state index in [1.165, 1.54) is 41.7 Å². The van der Waals surface area contributed by atoms with Gasteiger partial charge in [-0.25, -0.2) is 4.39 Å². The van der Waals surface area contributed by atoms with Gasteiger partial charge in [0.1, 0.15) is 23.4 Å². The third kappa shape index (κ3) is 3.28. The largest absolute Gasteiger partial charge is 0.507 e. The number of carbonyl (C=O) groups is 2. The molecule has 1 unspecified atom stereocenters. The fourth-order valence-electron chi connectivity index (χ4n) is 3.25. The summed E-state index contributed by atoms with van der Waals surface area (Å²) in [4.78, 5) is 27.5. The lowest BCUT2D eigenvalue weighted by Gasteiger charge is -2.25. The summed E-state index contributed by atoms with van der Waals surface area (Å²) in [5, 5.41) is 23.2. The third-order valence-electron chi connectivity index (χ3n) is 4.57. The maximum absolute atomic E-state index is 13.3. The summed E-state index contributed by atoms with van der Waals surface area (Å²) >= 11 is 7.32. The number of thiophene rings is 1. The number of aliphatic hydroxyl groups is 1. The van der Waals surface area contributed by atoms with Crippen LogP contribution in [0.5, 0.6) is 5.75 Å². The van der Waals surface area contributed by atoms with Gasteiger partial charge in [-0.1, -0.05) is 17.7 Å². The SMILES string of the molecule is O=C1C(=O)N(c2cc(Cl)ccc2O)C(c2cccs2)/C1=C(/O)c1ccc(F)cc1. The van der Waals surface area contributed by atoms with Crippen molar-refractivity contribution in [1.29, 1.82) is 0 Å². The smallest absolute Gasteiger partial charge is 0.300 e. The summed E-state index contributed by atoms with van der Waals surface area (Å²) in [7, 11) is 0. The first kappa shape index (κ1) is 19.2. The lowest BCUT2D eigenvalue weighted by molar-refractivity contribution is -0.132. The van der Waals surface area contributed by atoms with Crippen LogP contribution < -0.4 is 4.90 Å². The predicted molar refractivity (Wildman–Crippen MR) is 109 cm³/mol. The van der Waals surface area contributed by atoms with Gasteiger partial charge >= 0.3 is 0 Å². The Hall–Kier alpha value is -3.16. The number of benzene rings is 2. The van der Waals surface area contributed by atoms with E-state index < -0.39 is 29.3 Å². The number of rotatable bonds is 3. The molecule has 2 N–H and O–H groups in total. The minimum Gasteiger partial charge on any atom is -0.507 e. The van der Waals surface area contributed by atoms with E-state index in [0.717, 1.165) is 17.0 Å². The highest BCUT2D eigenvalue weighted by molar-refractivity contribution is 7.10. The summed E-state index contributed by atoms with van der Waals surface area (Å²) in [6.45, 7) is 0. The third-order valence-corrected chi connectivity index (χ3v) is 5.73. The van der Waals surface area contributed by atoms with Crippen LogP contribution in [0, 0.1) is 5.82 Å². The number of phenolic OH excluding ortho intramolecular Hbond substituents is 1. The molecule has 1 aliphatic rings. The number of aliphatic hydroxyl groups excluding tert-OH is 1. The minimum atomic E-state index is -0.968. The molecule has 1 aromatic heterocycles. The van der Waals surface area contributed by atoms with E-state index in [1.807, 2.05) is 0 Å². The molecule has 0 aliphatic carbocycles. The number of carbonyl (C=O) groups excluding carboxylic acids is 2. The van der Waals surface area contributed by atoms with Crippen molar-refractivity contribution in [3.05, 3.63) is 86.8 Å². The number of anilines is 1. The van der Waals surface area contributed by atoms with Gasteiger partial charge in [-0.3, -0.25) is 14.5 Å². The van der Waals surface area contributed by atoms with Crippen LogP contribution in [0.15, 0.2) is 65.6 Å². The standard InChI is InChI=1S/C21H13ClFNO4S/c22-12-5-8-15(25)14(10-12)24-18(16-2-1-9-29-16)17(20(27)21(24)28)19(26)11-3-6-13(23)7-4-11/h1-10,18,25-26H/b19-17-. The Morgan fingerprint density at radius 2 is 1.83 bits per heavy atom. The van der Waals surface area contributed by atoms with Crippen molar-refractivity contribution >= 4 is 46.1 Å². The van der Waals surface area contributed by atoms with Crippen LogP contribution in [0.2, 0.25) is 5.02 Å². The second-order valence-corrected chi connectivity index (χ2v) is 7.74. The molecule has 0 bridgehead atoms. The van der Waals surface area contributed by atoms with E-state index in [9.17, 15) is 24.2 Å². The van der Waals surface area contributed by atoms with Gasteiger partial charge in [0, 0.05) is 15.5 Å². The zero-order chi connectivity index (χ0) is 20.7. The van der Waals surface area contributed by atoms with Crippen molar-refractivity contribution in [1.82, 2.24) is 0 Å². The summed E-state index contributed by atoms with van der Waals surface area (Å²) in [6.07, 6.45) is 0. The summed E-state index contributed by atoms with van der Waals surface area (Å²) in [6, 6.07) is 11.6. The molecule has 1 atom stereocenters. The lowest BCUT2D eigenvalue weighted by Crippen LogP contribution is -2.29. The molecule has 8 heteroatoms. The number of aromatic hydroxyl groups is 1. The number of Topliss-reactive ketones (excluding diaryl/α,β-unsaturated/α-hetero) is 1. The van der Waals surface area contributed by atoms with Gasteiger partial charge in [-0.15, -0.1) is 11.3 Å². The maximum Gasteiger partial charge on any atom is 0.300 e. The summed E-state index contributed by atoms with van der Waals surface area (Å²) in [5.74, 6) is -2.99. The number of amides is 1. The average molecular weight is 430 g/mol. The highest BCUT2D eigenvalue weighted by Gasteiger charge is 2.48. The fourth-order valence-corrected chi connectivity index (χ4v) is 4.24. The minimum absolute atomic E-state index is 0.0520. The molecule has 5 nitrogen and oxygen atoms in total. The van der Waals surface area contributed by atoms with Crippen LogP contribution in [0.3, 0.4) is 0 Å². The van der Waals surface area contributed by atoms with Crippen molar-refractivity contribution < 1.29 is 24.2 Å². The Balaban J connectivity index is 1.95. The van der Waals surface area contributed by atoms with Crippen molar-refractivity contribution in [3.63, 3.8) is 0 Å². The van der Waals surface area contributed by atoms with Crippen LogP contribution in [0.4, 0.5) is 10.1 Å². The van der Waals surface area contributed by atoms with E-state index in [4.69, 9.17) is 11.6 Å². The van der Waals surface area contributed by atoms with Crippen molar-refractivity contribution in [2.75, 3.05) is 4.90 Å². The van der Waals surface area contributed by atoms with Crippen LogP contribution in [0.1, 0.15) is 16.5 Å². The lowest BCUT2D eigenvalue weighted by atomic mass is 9.99. The molecule has 29 heavy (non-hydrogen) atoms. The summed E-state index contributed by atoms with van der Waals surface area (Å²) < 4.78 is 13.3. The molecule has 0 saturated carbocycles. The monoisotopic (exact) mass is 429 g/mol. The molecule has 0 spiro atoms. The van der Waals surface area contributed by atoms with E-state index in [0.29, 0.717) is 4.88 Å². The fraction of sp³-hybridized carbons (Fsp3) is 0.0476. The first-order chi connectivity index (χ1) is 13.9. The first-order valence-corrected chi connectivity index (χ1v) is 9.73. The normalized spacial score (nSPS) is 18.4. The van der Waals surface area contributed by atoms with Crippen molar-refractivity contribution in [3.8, 4) is 5.75 Å². The van der Waals surface area contributed by atoms with Crippen LogP contribution in [-0.4, -0.2) is 21.9 Å². The molecule has 1 saturated heterocycles. The Labute approximate surface area is 173 Å². The number of ketones is 1. The summed E-state index contributed by atoms with van der Waals surface area (Å²) in [5.41, 5.74) is 0.0980. The van der Waals surface area contributed by atoms with E-state index in [-0.39, 0.29) is 27.6 Å². The number of halogens is 2. The molecule has 1 amide bonds. The van der Waals surface area contributed by atoms with Gasteiger partial charge in [0.25, 0.3) is 11.7 Å². The Morgan fingerprint density at radius 1 is 1.10 bits per heavy atom. The van der Waals surface area contributed by atoms with Gasteiger partial charge in [0.05, 0.1) is 11.3 Å². The molecule has 146 valence electrons. The number of hydrogen-bond acceptors (Lipinski definition) is 5. The second-order valence-electron chi connectivity index (χ2n) is 6.32. The number of hydrogen-bond donors (Lipinski definition) is 2. The van der Waals surface area contributed by atoms with Crippen molar-refractivity contribution in [2.24, 2.45) is 0 Å². The number of nitrogens with zero attached hydrogens (tertiary/aromatic N) is 1. The second kappa shape index (κ2) is 7.35. The predicted octanol–water partition coefficient (Wildman–Crippen LogP) is 4.87. The number of phenols is 1. The van der Waals surface area contributed by atoms with Gasteiger partial charge in [-0.05, 0) is 53.9 Å². The highest BCUT2D eigenvalue weighted by Crippen LogP contribution is 2.46. The quantitative estimate of drug-likeness (QED) is 0.353. The van der Waals surface area contributed by atoms with Crippen LogP contribution in [-0.2, 0) is 9.59 Å². The van der Waals surface area contributed by atoms with Gasteiger partial charge in [0.2, 0.25) is 0 Å². The van der Waals surface area contributed by atoms with Gasteiger partial charge < -0.3 is 10.2 Å². The van der Waals surface area contributed by atoms with Gasteiger partial charge in [0.15, 0.2) is 0 Å². The molecule has 2 heterocycles. The topological polar surface area (TPSA) is 77.8 Å². The molecule has 3 aromatic rings. The van der Waals surface area contributed by atoms with E-state index in [2.05, 4.69) is 0 Å². The molecule has 4 rings (SSSR count). The average Bonchev–Trinajstić information content (AvgIpc) is 3.31. The van der Waals surface area contributed by atoms with Crippen molar-refractivity contribution in [2.45, 2.75) is 6.04 Å². The Bertz CT molecular complexity index is 1140. The molecular weight excluding hydrogens is 417 g/mol. The molecular formula is C21H13ClFNO4S. The van der Waals surface area contributed by atoms with Crippen LogP contribution in [0.25, 0.3) is 5.76 Å². The zero-order valence-corrected chi connectivity index (χ0v) is 16.2. The Kier molecular flexibility index (Phi) is 4.86. The van der Waals surface area contributed by atoms with E-state index in [1.54, 1.807) is 17.5 Å². The first-order valence-electron chi connectivity index (χ1n) is 8.47. The highest BCUT2D eigenvalue weighted by atomic mass is 35.5.